The van der Waals surface area contributed by atoms with Gasteiger partial charge in [0.2, 0.25) is 0 Å². The smallest absolute Gasteiger partial charge is 0.387 e. The van der Waals surface area contributed by atoms with E-state index in [1.165, 1.54) is 6.07 Å². The summed E-state index contributed by atoms with van der Waals surface area (Å²) < 4.78 is 79.3. The van der Waals surface area contributed by atoms with Gasteiger partial charge < -0.3 is 10.4 Å². The summed E-state index contributed by atoms with van der Waals surface area (Å²) in [6.07, 6.45) is -9.00. The van der Waals surface area contributed by atoms with Crippen molar-refractivity contribution in [2.24, 2.45) is 0 Å². The monoisotopic (exact) mass is 414 g/mol. The molecular formula is C17H17ClF6N2O. The fourth-order valence-corrected chi connectivity index (χ4v) is 3.26. The van der Waals surface area contributed by atoms with E-state index in [0.29, 0.717) is 25.1 Å². The Morgan fingerprint density at radius 1 is 1.07 bits per heavy atom. The minimum atomic E-state index is -4.93. The molecule has 1 aliphatic heterocycles. The summed E-state index contributed by atoms with van der Waals surface area (Å²) >= 11 is 0. The minimum absolute atomic E-state index is 0. The van der Waals surface area contributed by atoms with Crippen molar-refractivity contribution in [1.82, 2.24) is 10.3 Å². The minimum Gasteiger partial charge on any atom is -0.387 e. The number of aliphatic hydroxyl groups is 1. The zero-order valence-electron chi connectivity index (χ0n) is 13.9. The van der Waals surface area contributed by atoms with Crippen LogP contribution in [0.5, 0.6) is 0 Å². The van der Waals surface area contributed by atoms with E-state index in [0.717, 1.165) is 18.9 Å². The first-order valence-corrected chi connectivity index (χ1v) is 8.08. The molecule has 0 amide bonds. The quantitative estimate of drug-likeness (QED) is 0.689. The number of hydrogen-bond donors (Lipinski definition) is 2. The first-order chi connectivity index (χ1) is 12.1. The molecule has 1 aromatic carbocycles. The molecule has 10 heteroatoms. The number of aliphatic hydroxyl groups excluding tert-OH is 1. The van der Waals surface area contributed by atoms with Crippen LogP contribution in [0.2, 0.25) is 0 Å². The largest absolute Gasteiger partial charge is 0.433 e. The predicted molar refractivity (Wildman–Crippen MR) is 89.6 cm³/mol. The molecule has 1 aliphatic rings. The van der Waals surface area contributed by atoms with Crippen LogP contribution in [0.3, 0.4) is 0 Å². The van der Waals surface area contributed by atoms with Gasteiger partial charge >= 0.3 is 12.4 Å². The van der Waals surface area contributed by atoms with E-state index < -0.39 is 41.3 Å². The summed E-state index contributed by atoms with van der Waals surface area (Å²) in [7, 11) is 0. The van der Waals surface area contributed by atoms with E-state index >= 15 is 0 Å². The number of fused-ring (bicyclic) bond motifs is 1. The summed E-state index contributed by atoms with van der Waals surface area (Å²) in [4.78, 5) is 3.22. The highest BCUT2D eigenvalue weighted by Gasteiger charge is 2.38. The average molecular weight is 415 g/mol. The Morgan fingerprint density at radius 2 is 1.78 bits per heavy atom. The predicted octanol–water partition coefficient (Wildman–Crippen LogP) is 4.87. The van der Waals surface area contributed by atoms with Gasteiger partial charge in [-0.15, -0.1) is 12.4 Å². The number of aromatic nitrogens is 1. The lowest BCUT2D eigenvalue weighted by atomic mass is 9.91. The van der Waals surface area contributed by atoms with Crippen LogP contribution >= 0.6 is 12.4 Å². The fourth-order valence-electron chi connectivity index (χ4n) is 3.26. The van der Waals surface area contributed by atoms with Crippen molar-refractivity contribution in [3.05, 3.63) is 41.1 Å². The summed E-state index contributed by atoms with van der Waals surface area (Å²) in [5.41, 5.74) is -3.72. The third kappa shape index (κ3) is 4.47. The Kier molecular flexibility index (Phi) is 6.28. The molecular weight excluding hydrogens is 398 g/mol. The maximum Gasteiger partial charge on any atom is 0.433 e. The summed E-state index contributed by atoms with van der Waals surface area (Å²) in [6.45, 7) is 0.588. The van der Waals surface area contributed by atoms with E-state index in [-0.39, 0.29) is 23.4 Å². The number of nitrogens with zero attached hydrogens (tertiary/aromatic N) is 1. The Morgan fingerprint density at radius 3 is 2.33 bits per heavy atom. The van der Waals surface area contributed by atoms with Crippen LogP contribution in [0.4, 0.5) is 26.3 Å². The highest BCUT2D eigenvalue weighted by molar-refractivity contribution is 5.86. The molecule has 0 unspecified atom stereocenters. The fraction of sp³-hybridized carbons (Fsp3) is 0.471. The van der Waals surface area contributed by atoms with Crippen LogP contribution in [0.15, 0.2) is 24.3 Å². The number of hydrogen-bond acceptors (Lipinski definition) is 3. The number of pyridine rings is 1. The molecule has 0 aliphatic carbocycles. The lowest BCUT2D eigenvalue weighted by Crippen LogP contribution is -2.39. The van der Waals surface area contributed by atoms with Gasteiger partial charge in [0.25, 0.3) is 0 Å². The van der Waals surface area contributed by atoms with Crippen LogP contribution in [-0.4, -0.2) is 22.7 Å². The molecule has 27 heavy (non-hydrogen) atoms. The van der Waals surface area contributed by atoms with Crippen molar-refractivity contribution in [2.45, 2.75) is 43.8 Å². The molecule has 2 atom stereocenters. The second kappa shape index (κ2) is 7.81. The van der Waals surface area contributed by atoms with Crippen molar-refractivity contribution in [2.75, 3.05) is 6.54 Å². The number of para-hydroxylation sites is 1. The van der Waals surface area contributed by atoms with Gasteiger partial charge in [-0.05, 0) is 37.1 Å². The Bertz CT molecular complexity index is 802. The Labute approximate surface area is 157 Å². The van der Waals surface area contributed by atoms with E-state index in [4.69, 9.17) is 0 Å². The number of halogens is 7. The number of nitrogens with one attached hydrogen (secondary N) is 1. The molecule has 150 valence electrons. The topological polar surface area (TPSA) is 45.2 Å². The molecule has 1 fully saturated rings. The number of rotatable bonds is 2. The Balaban J connectivity index is 0.00000261. The number of benzene rings is 1. The van der Waals surface area contributed by atoms with Crippen LogP contribution in [0.25, 0.3) is 10.9 Å². The highest BCUT2D eigenvalue weighted by Crippen LogP contribution is 2.39. The van der Waals surface area contributed by atoms with Gasteiger partial charge in [-0.2, -0.15) is 26.3 Å². The average Bonchev–Trinajstić information content (AvgIpc) is 2.58. The number of piperidine rings is 1. The molecule has 3 rings (SSSR count). The van der Waals surface area contributed by atoms with Crippen LogP contribution in [-0.2, 0) is 12.4 Å². The van der Waals surface area contributed by atoms with Gasteiger partial charge in [-0.3, -0.25) is 0 Å². The van der Waals surface area contributed by atoms with E-state index in [9.17, 15) is 31.4 Å². The standard InChI is InChI=1S/C17H16F6N2O.ClH/c18-16(19,20)11-5-3-4-9-10(15(26)12-6-1-2-7-24-12)8-13(17(21,22)23)25-14(9)11;/h3-5,8,12,15,24,26H,1-2,6-7H2;1H/t12-,15-;/m1./s1. The third-order valence-corrected chi connectivity index (χ3v) is 4.52. The first-order valence-electron chi connectivity index (χ1n) is 8.08. The number of alkyl halides is 6. The lowest BCUT2D eigenvalue weighted by Gasteiger charge is -2.29. The molecule has 0 spiro atoms. The molecule has 1 aromatic heterocycles. The second-order valence-corrected chi connectivity index (χ2v) is 6.30. The van der Waals surface area contributed by atoms with Crippen molar-refractivity contribution < 1.29 is 31.4 Å². The van der Waals surface area contributed by atoms with Gasteiger partial charge in [0, 0.05) is 11.4 Å². The van der Waals surface area contributed by atoms with Gasteiger partial charge in [0.1, 0.15) is 5.69 Å². The Hall–Kier alpha value is -1.58. The highest BCUT2D eigenvalue weighted by atomic mass is 35.5. The molecule has 3 nitrogen and oxygen atoms in total. The van der Waals surface area contributed by atoms with Gasteiger partial charge in [-0.1, -0.05) is 18.6 Å². The molecule has 2 N–H and O–H groups in total. The molecule has 1 saturated heterocycles. The summed E-state index contributed by atoms with van der Waals surface area (Å²) in [5, 5.41) is 13.5. The van der Waals surface area contributed by atoms with Crippen molar-refractivity contribution in [3.8, 4) is 0 Å². The summed E-state index contributed by atoms with van der Waals surface area (Å²) in [6, 6.07) is 3.16. The maximum absolute atomic E-state index is 13.2. The third-order valence-electron chi connectivity index (χ3n) is 4.52. The zero-order chi connectivity index (χ0) is 19.1. The normalized spacial score (nSPS) is 19.6. The molecule has 0 saturated carbocycles. The van der Waals surface area contributed by atoms with Crippen LogP contribution in [0.1, 0.15) is 42.2 Å². The van der Waals surface area contributed by atoms with Crippen LogP contribution in [0, 0.1) is 0 Å². The zero-order valence-corrected chi connectivity index (χ0v) is 14.7. The van der Waals surface area contributed by atoms with Gasteiger partial charge in [-0.25, -0.2) is 4.98 Å². The molecule has 2 aromatic rings. The molecule has 0 radical (unpaired) electrons. The van der Waals surface area contributed by atoms with Crippen LogP contribution < -0.4 is 5.32 Å². The summed E-state index contributed by atoms with van der Waals surface area (Å²) in [5.74, 6) is 0. The van der Waals surface area contributed by atoms with Crippen molar-refractivity contribution in [1.29, 1.82) is 0 Å². The van der Waals surface area contributed by atoms with Gasteiger partial charge in [0.15, 0.2) is 0 Å². The second-order valence-electron chi connectivity index (χ2n) is 6.30. The SMILES string of the molecule is Cl.O[C@H](c1cc(C(F)(F)F)nc2c(C(F)(F)F)cccc12)[C@H]1CCCCN1. The van der Waals surface area contributed by atoms with E-state index in [1.54, 1.807) is 0 Å². The lowest BCUT2D eigenvalue weighted by molar-refractivity contribution is -0.142. The van der Waals surface area contributed by atoms with E-state index in [2.05, 4.69) is 10.3 Å². The maximum atomic E-state index is 13.2. The van der Waals surface area contributed by atoms with Gasteiger partial charge in [0.05, 0.1) is 17.2 Å². The first kappa shape index (κ1) is 21.7. The molecule has 0 bridgehead atoms. The molecule has 2 heterocycles. The van der Waals surface area contributed by atoms with E-state index in [1.807, 2.05) is 0 Å². The van der Waals surface area contributed by atoms with Crippen molar-refractivity contribution >= 4 is 23.3 Å². The van der Waals surface area contributed by atoms with Crippen molar-refractivity contribution in [3.63, 3.8) is 0 Å².